The van der Waals surface area contributed by atoms with E-state index in [1.807, 2.05) is 11.4 Å². The Labute approximate surface area is 134 Å². The van der Waals surface area contributed by atoms with Crippen molar-refractivity contribution in [1.29, 1.82) is 0 Å². The summed E-state index contributed by atoms with van der Waals surface area (Å²) in [5.74, 6) is 1.50. The summed E-state index contributed by atoms with van der Waals surface area (Å²) in [6.45, 7) is 0.907. The molecule has 2 aliphatic rings. The third-order valence-corrected chi connectivity index (χ3v) is 5.91. The quantitative estimate of drug-likeness (QED) is 0.834. The predicted octanol–water partition coefficient (Wildman–Crippen LogP) is 4.20. The van der Waals surface area contributed by atoms with Crippen molar-refractivity contribution in [2.45, 2.75) is 44.6 Å². The smallest absolute Gasteiger partial charge is 0.254 e. The van der Waals surface area contributed by atoms with Crippen LogP contribution in [0.25, 0.3) is 10.8 Å². The molecule has 1 amide bonds. The van der Waals surface area contributed by atoms with Gasteiger partial charge in [0, 0.05) is 18.0 Å². The Morgan fingerprint density at radius 1 is 1.27 bits per heavy atom. The molecular formula is C17H20N2O2S. The van der Waals surface area contributed by atoms with Gasteiger partial charge in [-0.2, -0.15) is 0 Å². The summed E-state index contributed by atoms with van der Waals surface area (Å²) in [6.07, 6.45) is 10.7. The van der Waals surface area contributed by atoms with Gasteiger partial charge < -0.3 is 9.32 Å². The number of carbonyl (C=O) groups excluding carboxylic acids is 1. The largest absolute Gasteiger partial charge is 0.444 e. The monoisotopic (exact) mass is 316 g/mol. The van der Waals surface area contributed by atoms with Gasteiger partial charge in [0.15, 0.2) is 0 Å². The fourth-order valence-electron chi connectivity index (χ4n) is 3.95. The Morgan fingerprint density at radius 2 is 2.14 bits per heavy atom. The van der Waals surface area contributed by atoms with Crippen LogP contribution in [0.2, 0.25) is 0 Å². The Bertz CT molecular complexity index is 647. The van der Waals surface area contributed by atoms with E-state index in [4.69, 9.17) is 4.42 Å². The molecule has 2 aromatic rings. The van der Waals surface area contributed by atoms with Crippen LogP contribution in [-0.4, -0.2) is 28.4 Å². The van der Waals surface area contributed by atoms with E-state index in [-0.39, 0.29) is 5.91 Å². The van der Waals surface area contributed by atoms with Gasteiger partial charge in [-0.05, 0) is 37.7 Å². The van der Waals surface area contributed by atoms with Crippen LogP contribution in [0.5, 0.6) is 0 Å². The number of thiophene rings is 1. The van der Waals surface area contributed by atoms with Gasteiger partial charge in [-0.1, -0.05) is 12.8 Å². The first kappa shape index (κ1) is 14.0. The number of nitrogens with zero attached hydrogens (tertiary/aromatic N) is 2. The molecule has 2 aromatic heterocycles. The van der Waals surface area contributed by atoms with Crippen LogP contribution in [-0.2, 0) is 0 Å². The van der Waals surface area contributed by atoms with Crippen molar-refractivity contribution >= 4 is 17.2 Å². The molecule has 1 aliphatic heterocycles. The second-order valence-electron chi connectivity index (χ2n) is 6.29. The van der Waals surface area contributed by atoms with Crippen LogP contribution >= 0.6 is 11.3 Å². The molecule has 2 atom stereocenters. The summed E-state index contributed by atoms with van der Waals surface area (Å²) >= 11 is 1.53. The molecule has 1 saturated carbocycles. The minimum absolute atomic E-state index is 0.186. The lowest BCUT2D eigenvalue weighted by Gasteiger charge is -2.44. The van der Waals surface area contributed by atoms with Gasteiger partial charge >= 0.3 is 0 Å². The maximum Gasteiger partial charge on any atom is 0.254 e. The summed E-state index contributed by atoms with van der Waals surface area (Å²) < 4.78 is 5.32. The molecular weight excluding hydrogens is 296 g/mol. The molecule has 1 aliphatic carbocycles. The Hall–Kier alpha value is -1.62. The van der Waals surface area contributed by atoms with Gasteiger partial charge in [0.05, 0.1) is 16.6 Å². The van der Waals surface area contributed by atoms with Crippen LogP contribution in [0.3, 0.4) is 0 Å². The lowest BCUT2D eigenvalue weighted by molar-refractivity contribution is 0.0391. The van der Waals surface area contributed by atoms with Gasteiger partial charge in [0.25, 0.3) is 5.91 Å². The van der Waals surface area contributed by atoms with Gasteiger partial charge in [-0.25, -0.2) is 4.98 Å². The normalized spacial score (nSPS) is 25.0. The van der Waals surface area contributed by atoms with Crippen LogP contribution in [0.1, 0.15) is 48.9 Å². The fourth-order valence-corrected chi connectivity index (χ4v) is 4.77. The molecule has 22 heavy (non-hydrogen) atoms. The van der Waals surface area contributed by atoms with Crippen molar-refractivity contribution in [1.82, 2.24) is 9.88 Å². The summed E-state index contributed by atoms with van der Waals surface area (Å²) in [7, 11) is 0. The number of aromatic nitrogens is 1. The zero-order valence-electron chi connectivity index (χ0n) is 12.5. The Balaban J connectivity index is 1.56. The van der Waals surface area contributed by atoms with E-state index >= 15 is 0 Å². The Kier molecular flexibility index (Phi) is 3.74. The van der Waals surface area contributed by atoms with Gasteiger partial charge in [0.1, 0.15) is 6.26 Å². The van der Waals surface area contributed by atoms with E-state index in [0.29, 0.717) is 11.9 Å². The van der Waals surface area contributed by atoms with E-state index in [2.05, 4.69) is 9.88 Å². The molecule has 4 rings (SSSR count). The van der Waals surface area contributed by atoms with Crippen molar-refractivity contribution in [3.63, 3.8) is 0 Å². The van der Waals surface area contributed by atoms with E-state index in [1.54, 1.807) is 12.5 Å². The molecule has 0 bridgehead atoms. The first-order chi connectivity index (χ1) is 10.8. The van der Waals surface area contributed by atoms with E-state index in [9.17, 15) is 4.79 Å². The van der Waals surface area contributed by atoms with Gasteiger partial charge in [-0.3, -0.25) is 4.79 Å². The number of oxazole rings is 1. The highest BCUT2D eigenvalue weighted by atomic mass is 32.1. The van der Waals surface area contributed by atoms with Gasteiger partial charge in [-0.15, -0.1) is 11.3 Å². The highest BCUT2D eigenvalue weighted by molar-refractivity contribution is 7.13. The number of hydrogen-bond acceptors (Lipinski definition) is 4. The molecule has 0 N–H and O–H groups in total. The third-order valence-electron chi connectivity index (χ3n) is 4.99. The maximum absolute atomic E-state index is 12.9. The molecule has 0 aromatic carbocycles. The zero-order chi connectivity index (χ0) is 14.9. The molecule has 3 heterocycles. The number of rotatable bonds is 2. The second kappa shape index (κ2) is 5.88. The summed E-state index contributed by atoms with van der Waals surface area (Å²) in [5, 5.41) is 1.94. The van der Waals surface area contributed by atoms with Gasteiger partial charge in [0.2, 0.25) is 5.89 Å². The molecule has 0 spiro atoms. The second-order valence-corrected chi connectivity index (χ2v) is 7.20. The molecule has 5 heteroatoms. The summed E-state index contributed by atoms with van der Waals surface area (Å²) in [5.41, 5.74) is 0.782. The number of fused-ring (bicyclic) bond motifs is 1. The first-order valence-corrected chi connectivity index (χ1v) is 9.00. The molecule has 0 unspecified atom stereocenters. The third kappa shape index (κ3) is 2.47. The zero-order valence-corrected chi connectivity index (χ0v) is 13.3. The van der Waals surface area contributed by atoms with E-state index in [0.717, 1.165) is 29.3 Å². The summed E-state index contributed by atoms with van der Waals surface area (Å²) in [4.78, 5) is 20.1. The number of hydrogen-bond donors (Lipinski definition) is 0. The number of likely N-dealkylation sites (tertiary alicyclic amines) is 1. The lowest BCUT2D eigenvalue weighted by Crippen LogP contribution is -2.49. The predicted molar refractivity (Wildman–Crippen MR) is 85.8 cm³/mol. The van der Waals surface area contributed by atoms with E-state index < -0.39 is 0 Å². The molecule has 4 nitrogen and oxygen atoms in total. The van der Waals surface area contributed by atoms with E-state index in [1.165, 1.54) is 43.4 Å². The van der Waals surface area contributed by atoms with Crippen molar-refractivity contribution in [3.8, 4) is 10.8 Å². The highest BCUT2D eigenvalue weighted by Crippen LogP contribution is 2.36. The fraction of sp³-hybridized carbons (Fsp3) is 0.529. The standard InChI is InChI=1S/C17H20N2O2S/c20-17(13-10-15(22-11-13)16-18-7-9-21-16)19-8-3-5-12-4-1-2-6-14(12)19/h7,9-12,14H,1-6,8H2/t12-,14-/m1/s1. The SMILES string of the molecule is O=C(c1csc(-c2ncco2)c1)N1CCC[C@H]2CCCC[C@H]21. The molecule has 0 radical (unpaired) electrons. The van der Waals surface area contributed by atoms with Crippen molar-refractivity contribution < 1.29 is 9.21 Å². The number of carbonyl (C=O) groups is 1. The van der Waals surface area contributed by atoms with Crippen molar-refractivity contribution in [2.24, 2.45) is 5.92 Å². The molecule has 2 fully saturated rings. The minimum Gasteiger partial charge on any atom is -0.444 e. The van der Waals surface area contributed by atoms with Crippen molar-refractivity contribution in [3.05, 3.63) is 29.5 Å². The van der Waals surface area contributed by atoms with Crippen LogP contribution in [0, 0.1) is 5.92 Å². The summed E-state index contributed by atoms with van der Waals surface area (Å²) in [6, 6.07) is 2.38. The minimum atomic E-state index is 0.186. The highest BCUT2D eigenvalue weighted by Gasteiger charge is 2.36. The Morgan fingerprint density at radius 3 is 3.00 bits per heavy atom. The number of amides is 1. The maximum atomic E-state index is 12.9. The molecule has 116 valence electrons. The lowest BCUT2D eigenvalue weighted by atomic mass is 9.78. The average Bonchev–Trinajstić information content (AvgIpc) is 3.24. The van der Waals surface area contributed by atoms with Crippen molar-refractivity contribution in [2.75, 3.05) is 6.54 Å². The van der Waals surface area contributed by atoms with Crippen LogP contribution in [0.4, 0.5) is 0 Å². The topological polar surface area (TPSA) is 46.3 Å². The first-order valence-electron chi connectivity index (χ1n) is 8.12. The average molecular weight is 316 g/mol. The number of piperidine rings is 1. The molecule has 1 saturated heterocycles. The van der Waals surface area contributed by atoms with Crippen LogP contribution < -0.4 is 0 Å². The van der Waals surface area contributed by atoms with Crippen LogP contribution in [0.15, 0.2) is 28.3 Å².